The summed E-state index contributed by atoms with van der Waals surface area (Å²) in [5.41, 5.74) is 1.17. The van der Waals surface area contributed by atoms with Crippen molar-refractivity contribution in [2.75, 3.05) is 30.4 Å². The van der Waals surface area contributed by atoms with Gasteiger partial charge in [0, 0.05) is 23.0 Å². The van der Waals surface area contributed by atoms with E-state index in [2.05, 4.69) is 31.5 Å². The van der Waals surface area contributed by atoms with E-state index in [0.717, 1.165) is 21.1 Å². The van der Waals surface area contributed by atoms with E-state index in [1.165, 1.54) is 0 Å². The van der Waals surface area contributed by atoms with Gasteiger partial charge in [-0.05, 0) is 39.0 Å². The van der Waals surface area contributed by atoms with Crippen molar-refractivity contribution in [3.05, 3.63) is 28.9 Å². The van der Waals surface area contributed by atoms with Crippen molar-refractivity contribution >= 4 is 44.1 Å². The van der Waals surface area contributed by atoms with Gasteiger partial charge in [-0.1, -0.05) is 15.9 Å². The number of nitrogens with one attached hydrogen (secondary N) is 2. The molecule has 1 aromatic carbocycles. The van der Waals surface area contributed by atoms with Gasteiger partial charge >= 0.3 is 0 Å². The number of amides is 1. The molecule has 1 heterocycles. The van der Waals surface area contributed by atoms with Gasteiger partial charge in [-0.2, -0.15) is 0 Å². The highest BCUT2D eigenvalue weighted by atomic mass is 79.9. The van der Waals surface area contributed by atoms with Gasteiger partial charge in [0.15, 0.2) is 0 Å². The molecule has 6 nitrogen and oxygen atoms in total. The maximum Gasteiger partial charge on any atom is 0.250 e. The lowest BCUT2D eigenvalue weighted by atomic mass is 10.1. The molecule has 7 heteroatoms. The Balaban J connectivity index is 2.37. The lowest BCUT2D eigenvalue weighted by Gasteiger charge is -2.21. The Morgan fingerprint density at radius 2 is 2.17 bits per heavy atom. The van der Waals surface area contributed by atoms with Crippen LogP contribution >= 0.6 is 15.9 Å². The molecule has 0 unspecified atom stereocenters. The number of hydrogen-bond donors (Lipinski definition) is 3. The smallest absolute Gasteiger partial charge is 0.250 e. The van der Waals surface area contributed by atoms with Gasteiger partial charge in [0.2, 0.25) is 5.91 Å². The number of anilines is 2. The van der Waals surface area contributed by atoms with Crippen LogP contribution in [0.4, 0.5) is 11.4 Å². The summed E-state index contributed by atoms with van der Waals surface area (Å²) >= 11 is 3.43. The van der Waals surface area contributed by atoms with Crippen molar-refractivity contribution in [2.24, 2.45) is 0 Å². The van der Waals surface area contributed by atoms with Crippen LogP contribution in [0.2, 0.25) is 0 Å². The number of nitrogens with zero attached hydrogens (tertiary/aromatic N) is 1. The summed E-state index contributed by atoms with van der Waals surface area (Å²) in [7, 11) is 0. The van der Waals surface area contributed by atoms with Crippen LogP contribution < -0.4 is 10.6 Å². The van der Waals surface area contributed by atoms with Gasteiger partial charge in [-0.3, -0.25) is 9.78 Å². The van der Waals surface area contributed by atoms with Crippen LogP contribution in [-0.2, 0) is 9.53 Å². The molecule has 0 aliphatic heterocycles. The van der Waals surface area contributed by atoms with Crippen molar-refractivity contribution in [3.63, 3.8) is 0 Å². The molecule has 130 valence electrons. The van der Waals surface area contributed by atoms with E-state index in [-0.39, 0.29) is 12.5 Å². The minimum Gasteiger partial charge on any atom is -0.389 e. The molecule has 0 bridgehead atoms. The molecule has 0 saturated heterocycles. The number of pyridine rings is 1. The van der Waals surface area contributed by atoms with E-state index in [9.17, 15) is 9.90 Å². The van der Waals surface area contributed by atoms with E-state index >= 15 is 0 Å². The number of halogens is 1. The van der Waals surface area contributed by atoms with Crippen molar-refractivity contribution in [1.82, 2.24) is 4.98 Å². The number of benzene rings is 1. The Kier molecular flexibility index (Phi) is 6.15. The zero-order valence-electron chi connectivity index (χ0n) is 14.0. The van der Waals surface area contributed by atoms with Crippen molar-refractivity contribution in [2.45, 2.75) is 26.4 Å². The summed E-state index contributed by atoms with van der Waals surface area (Å²) < 4.78 is 6.05. The molecule has 0 atom stereocenters. The molecule has 1 aromatic heterocycles. The molecule has 0 aliphatic carbocycles. The molecule has 0 saturated carbocycles. The van der Waals surface area contributed by atoms with Crippen LogP contribution in [-0.4, -0.2) is 41.4 Å². The van der Waals surface area contributed by atoms with Gasteiger partial charge in [-0.15, -0.1) is 0 Å². The third kappa shape index (κ3) is 5.15. The van der Waals surface area contributed by atoms with Crippen LogP contribution in [0, 0.1) is 0 Å². The first kappa shape index (κ1) is 18.6. The summed E-state index contributed by atoms with van der Waals surface area (Å²) in [6.07, 6.45) is 1.60. The molecule has 0 fully saturated rings. The monoisotopic (exact) mass is 395 g/mol. The second-order valence-corrected chi connectivity index (χ2v) is 6.98. The second-order valence-electron chi connectivity index (χ2n) is 6.06. The van der Waals surface area contributed by atoms with E-state index in [4.69, 9.17) is 4.74 Å². The van der Waals surface area contributed by atoms with Gasteiger partial charge in [-0.25, -0.2) is 0 Å². The van der Waals surface area contributed by atoms with Crippen LogP contribution in [0.5, 0.6) is 0 Å². The van der Waals surface area contributed by atoms with Crippen molar-refractivity contribution < 1.29 is 14.6 Å². The zero-order valence-corrected chi connectivity index (χ0v) is 15.6. The normalized spacial score (nSPS) is 11.5. The fraction of sp³-hybridized carbons (Fsp3) is 0.412. The Bertz CT molecular complexity index is 729. The summed E-state index contributed by atoms with van der Waals surface area (Å²) in [6.45, 7) is 6.05. The third-order valence-corrected chi connectivity index (χ3v) is 3.73. The second kappa shape index (κ2) is 7.92. The number of fused-ring (bicyclic) bond motifs is 1. The molecule has 2 rings (SSSR count). The fourth-order valence-electron chi connectivity index (χ4n) is 2.14. The van der Waals surface area contributed by atoms with Crippen LogP contribution in [0.1, 0.15) is 20.8 Å². The minimum atomic E-state index is -0.891. The first-order valence-corrected chi connectivity index (χ1v) is 8.51. The summed E-state index contributed by atoms with van der Waals surface area (Å²) in [5, 5.41) is 16.9. The summed E-state index contributed by atoms with van der Waals surface area (Å²) in [5.74, 6) is -0.249. The van der Waals surface area contributed by atoms with Gasteiger partial charge in [0.25, 0.3) is 0 Å². The topological polar surface area (TPSA) is 83.5 Å². The third-order valence-electron chi connectivity index (χ3n) is 3.24. The highest BCUT2D eigenvalue weighted by Crippen LogP contribution is 2.32. The molecule has 0 aliphatic rings. The number of aromatic nitrogens is 1. The SMILES string of the molecule is CCOCC(=O)Nc1cnc2cc(Br)ccc2c1NCC(C)(C)O. The van der Waals surface area contributed by atoms with E-state index in [0.29, 0.717) is 18.8 Å². The van der Waals surface area contributed by atoms with E-state index < -0.39 is 5.60 Å². The maximum atomic E-state index is 12.0. The lowest BCUT2D eigenvalue weighted by Crippen LogP contribution is -2.30. The number of rotatable bonds is 7. The fourth-order valence-corrected chi connectivity index (χ4v) is 2.49. The van der Waals surface area contributed by atoms with Crippen LogP contribution in [0.3, 0.4) is 0 Å². The predicted molar refractivity (Wildman–Crippen MR) is 99.4 cm³/mol. The predicted octanol–water partition coefficient (Wildman–Crippen LogP) is 3.16. The molecule has 2 aromatic rings. The molecular weight excluding hydrogens is 374 g/mol. The Morgan fingerprint density at radius 3 is 2.83 bits per heavy atom. The van der Waals surface area contributed by atoms with Crippen molar-refractivity contribution in [1.29, 1.82) is 0 Å². The quantitative estimate of drug-likeness (QED) is 0.670. The summed E-state index contributed by atoms with van der Waals surface area (Å²) in [4.78, 5) is 16.4. The number of hydrogen-bond acceptors (Lipinski definition) is 5. The number of carbonyl (C=O) groups is 1. The van der Waals surface area contributed by atoms with Crippen molar-refractivity contribution in [3.8, 4) is 0 Å². The van der Waals surface area contributed by atoms with Gasteiger partial charge < -0.3 is 20.5 Å². The average Bonchev–Trinajstić information content (AvgIpc) is 2.50. The van der Waals surface area contributed by atoms with Crippen LogP contribution in [0.25, 0.3) is 10.9 Å². The molecule has 0 radical (unpaired) electrons. The zero-order chi connectivity index (χ0) is 17.7. The van der Waals surface area contributed by atoms with Crippen LogP contribution in [0.15, 0.2) is 28.9 Å². The molecule has 24 heavy (non-hydrogen) atoms. The number of ether oxygens (including phenoxy) is 1. The Labute approximate surface area is 149 Å². The highest BCUT2D eigenvalue weighted by molar-refractivity contribution is 9.10. The minimum absolute atomic E-state index is 0.0141. The molecule has 3 N–H and O–H groups in total. The van der Waals surface area contributed by atoms with E-state index in [1.807, 2.05) is 25.1 Å². The highest BCUT2D eigenvalue weighted by Gasteiger charge is 2.16. The standard InChI is InChI=1S/C17H22BrN3O3/c1-4-24-9-15(22)21-14-8-19-13-7-11(18)5-6-12(13)16(14)20-10-17(2,3)23/h5-8,23H,4,9-10H2,1-3H3,(H,19,20)(H,21,22). The average molecular weight is 396 g/mol. The number of carbonyl (C=O) groups excluding carboxylic acids is 1. The van der Waals surface area contributed by atoms with Gasteiger partial charge in [0.05, 0.1) is 28.7 Å². The Hall–Kier alpha value is -1.70. The first-order chi connectivity index (χ1) is 11.3. The van der Waals surface area contributed by atoms with Gasteiger partial charge in [0.1, 0.15) is 6.61 Å². The molecular formula is C17H22BrN3O3. The molecule has 0 spiro atoms. The molecule has 1 amide bonds. The number of aliphatic hydroxyl groups is 1. The largest absolute Gasteiger partial charge is 0.389 e. The summed E-state index contributed by atoms with van der Waals surface area (Å²) in [6, 6.07) is 5.72. The van der Waals surface area contributed by atoms with E-state index in [1.54, 1.807) is 20.0 Å². The first-order valence-electron chi connectivity index (χ1n) is 7.72. The maximum absolute atomic E-state index is 12.0. The lowest BCUT2D eigenvalue weighted by molar-refractivity contribution is -0.120. The Morgan fingerprint density at radius 1 is 1.42 bits per heavy atom.